The van der Waals surface area contributed by atoms with Crippen molar-refractivity contribution in [2.75, 3.05) is 0 Å². The number of furan rings is 1. The molecule has 1 heterocycles. The Morgan fingerprint density at radius 2 is 2.19 bits per heavy atom. The van der Waals surface area contributed by atoms with Crippen molar-refractivity contribution in [1.82, 2.24) is 0 Å². The van der Waals surface area contributed by atoms with Crippen molar-refractivity contribution in [2.45, 2.75) is 18.2 Å². The predicted octanol–water partition coefficient (Wildman–Crippen LogP) is 4.36. The van der Waals surface area contributed by atoms with E-state index in [1.807, 2.05) is 12.1 Å². The Labute approximate surface area is 97.5 Å². The summed E-state index contributed by atoms with van der Waals surface area (Å²) in [6, 6.07) is 6.42. The minimum atomic E-state index is -0.240. The van der Waals surface area contributed by atoms with Gasteiger partial charge < -0.3 is 4.42 Å². The highest BCUT2D eigenvalue weighted by molar-refractivity contribution is 6.22. The molecule has 1 unspecified atom stereocenters. The number of hydrogen-bond acceptors (Lipinski definition) is 1. The summed E-state index contributed by atoms with van der Waals surface area (Å²) in [5.41, 5.74) is 1.84. The molecule has 0 fully saturated rings. The molecular formula is C13H10ClFO. The van der Waals surface area contributed by atoms with Crippen LogP contribution in [0.5, 0.6) is 0 Å². The number of allylic oxidation sites excluding steroid dienone is 2. The van der Waals surface area contributed by atoms with Crippen LogP contribution in [0.3, 0.4) is 0 Å². The molecule has 1 nitrogen and oxygen atoms in total. The summed E-state index contributed by atoms with van der Waals surface area (Å²) in [5.74, 6) is 0.569. The molecule has 0 aliphatic heterocycles. The lowest BCUT2D eigenvalue weighted by Gasteiger charge is -1.93. The average Bonchev–Trinajstić information content (AvgIpc) is 2.83. The highest BCUT2D eigenvalue weighted by atomic mass is 35.5. The van der Waals surface area contributed by atoms with Gasteiger partial charge in [-0.2, -0.15) is 0 Å². The fourth-order valence-corrected chi connectivity index (χ4v) is 2.32. The molecule has 1 aromatic heterocycles. The van der Waals surface area contributed by atoms with Gasteiger partial charge in [0.2, 0.25) is 0 Å². The van der Waals surface area contributed by atoms with Crippen molar-refractivity contribution in [3.05, 3.63) is 41.9 Å². The molecule has 1 aromatic carbocycles. The van der Waals surface area contributed by atoms with E-state index in [1.54, 1.807) is 6.07 Å². The van der Waals surface area contributed by atoms with Crippen LogP contribution in [-0.4, -0.2) is 5.38 Å². The second-order valence-corrected chi connectivity index (χ2v) is 4.60. The largest absolute Gasteiger partial charge is 0.456 e. The van der Waals surface area contributed by atoms with Crippen LogP contribution in [0.2, 0.25) is 0 Å². The van der Waals surface area contributed by atoms with E-state index in [4.69, 9.17) is 16.0 Å². The number of alkyl halides is 1. The quantitative estimate of drug-likeness (QED) is 0.671. The van der Waals surface area contributed by atoms with Crippen LogP contribution in [0.4, 0.5) is 4.39 Å². The number of hydrogen-bond donors (Lipinski definition) is 0. The van der Waals surface area contributed by atoms with Gasteiger partial charge >= 0.3 is 0 Å². The normalized spacial score (nSPS) is 20.4. The zero-order valence-electron chi connectivity index (χ0n) is 8.54. The van der Waals surface area contributed by atoms with Crippen molar-refractivity contribution in [3.8, 4) is 0 Å². The second-order valence-electron chi connectivity index (χ2n) is 4.04. The van der Waals surface area contributed by atoms with Gasteiger partial charge in [-0.15, -0.1) is 11.6 Å². The van der Waals surface area contributed by atoms with Crippen LogP contribution in [0.15, 0.2) is 34.8 Å². The van der Waals surface area contributed by atoms with Crippen molar-refractivity contribution in [1.29, 1.82) is 0 Å². The Balaban J connectivity index is 2.09. The molecule has 0 spiro atoms. The zero-order valence-corrected chi connectivity index (χ0v) is 9.30. The minimum Gasteiger partial charge on any atom is -0.456 e. The molecule has 1 atom stereocenters. The van der Waals surface area contributed by atoms with Crippen LogP contribution in [0, 0.1) is 5.82 Å². The fourth-order valence-electron chi connectivity index (χ4n) is 2.06. The van der Waals surface area contributed by atoms with E-state index in [0.29, 0.717) is 0 Å². The maximum absolute atomic E-state index is 13.0. The van der Waals surface area contributed by atoms with Gasteiger partial charge in [0.05, 0.1) is 5.38 Å². The van der Waals surface area contributed by atoms with Gasteiger partial charge in [0.1, 0.15) is 17.2 Å². The maximum Gasteiger partial charge on any atom is 0.135 e. The lowest BCUT2D eigenvalue weighted by molar-refractivity contribution is 0.594. The third kappa shape index (κ3) is 1.63. The van der Waals surface area contributed by atoms with Gasteiger partial charge in [-0.05, 0) is 42.7 Å². The lowest BCUT2D eigenvalue weighted by atomic mass is 10.1. The Bertz CT molecular complexity index is 570. The molecule has 3 rings (SSSR count). The van der Waals surface area contributed by atoms with E-state index in [9.17, 15) is 4.39 Å². The van der Waals surface area contributed by atoms with Crippen molar-refractivity contribution < 1.29 is 8.81 Å². The Hall–Kier alpha value is -1.28. The Kier molecular flexibility index (Phi) is 2.25. The summed E-state index contributed by atoms with van der Waals surface area (Å²) in [6.07, 6.45) is 3.88. The molecule has 2 aromatic rings. The summed E-state index contributed by atoms with van der Waals surface area (Å²) in [5, 5.41) is 0.897. The van der Waals surface area contributed by atoms with E-state index >= 15 is 0 Å². The first kappa shape index (κ1) is 9.91. The molecule has 0 amide bonds. The van der Waals surface area contributed by atoms with Gasteiger partial charge in [-0.25, -0.2) is 4.39 Å². The third-order valence-corrected chi connectivity index (χ3v) is 3.21. The van der Waals surface area contributed by atoms with Gasteiger partial charge in [-0.3, -0.25) is 0 Å². The first-order valence-corrected chi connectivity index (χ1v) is 5.70. The molecule has 0 bridgehead atoms. The number of halogens is 2. The van der Waals surface area contributed by atoms with E-state index < -0.39 is 0 Å². The number of fused-ring (bicyclic) bond motifs is 1. The molecule has 82 valence electrons. The van der Waals surface area contributed by atoms with E-state index in [2.05, 4.69) is 0 Å². The van der Waals surface area contributed by atoms with Gasteiger partial charge in [0.25, 0.3) is 0 Å². The van der Waals surface area contributed by atoms with Gasteiger partial charge in [0.15, 0.2) is 0 Å². The zero-order chi connectivity index (χ0) is 11.1. The van der Waals surface area contributed by atoms with Crippen molar-refractivity contribution in [2.24, 2.45) is 0 Å². The van der Waals surface area contributed by atoms with E-state index in [1.165, 1.54) is 12.1 Å². The Morgan fingerprint density at radius 1 is 1.31 bits per heavy atom. The van der Waals surface area contributed by atoms with Gasteiger partial charge in [-0.1, -0.05) is 6.08 Å². The molecular weight excluding hydrogens is 227 g/mol. The number of benzene rings is 1. The van der Waals surface area contributed by atoms with E-state index in [-0.39, 0.29) is 11.2 Å². The topological polar surface area (TPSA) is 13.1 Å². The monoisotopic (exact) mass is 236 g/mol. The molecule has 0 saturated carbocycles. The molecule has 1 aliphatic rings. The van der Waals surface area contributed by atoms with Crippen LogP contribution < -0.4 is 0 Å². The summed E-state index contributed by atoms with van der Waals surface area (Å²) in [7, 11) is 0. The van der Waals surface area contributed by atoms with Crippen LogP contribution in [-0.2, 0) is 0 Å². The van der Waals surface area contributed by atoms with E-state index in [0.717, 1.165) is 35.1 Å². The van der Waals surface area contributed by atoms with Crippen LogP contribution in [0.25, 0.3) is 16.5 Å². The Morgan fingerprint density at radius 3 is 2.94 bits per heavy atom. The van der Waals surface area contributed by atoms with Crippen molar-refractivity contribution in [3.63, 3.8) is 0 Å². The maximum atomic E-state index is 13.0. The molecule has 0 N–H and O–H groups in total. The third-order valence-electron chi connectivity index (χ3n) is 2.87. The summed E-state index contributed by atoms with van der Waals surface area (Å²) >= 11 is 6.00. The summed E-state index contributed by atoms with van der Waals surface area (Å²) < 4.78 is 18.7. The minimum absolute atomic E-state index is 0.0972. The first-order chi connectivity index (χ1) is 7.72. The predicted molar refractivity (Wildman–Crippen MR) is 63.0 cm³/mol. The molecule has 0 saturated heterocycles. The smallest absolute Gasteiger partial charge is 0.135 e. The van der Waals surface area contributed by atoms with Crippen LogP contribution >= 0.6 is 11.6 Å². The highest BCUT2D eigenvalue weighted by Gasteiger charge is 2.17. The summed E-state index contributed by atoms with van der Waals surface area (Å²) in [6.45, 7) is 0. The molecule has 0 radical (unpaired) electrons. The van der Waals surface area contributed by atoms with Gasteiger partial charge in [0, 0.05) is 5.39 Å². The standard InChI is InChI=1S/C13H10ClFO/c14-10-2-1-8(5-10)13-7-9-6-11(15)3-4-12(9)16-13/h3-7,10H,1-2H2. The lowest BCUT2D eigenvalue weighted by Crippen LogP contribution is -1.81. The molecule has 16 heavy (non-hydrogen) atoms. The molecule has 3 heteroatoms. The molecule has 1 aliphatic carbocycles. The summed E-state index contributed by atoms with van der Waals surface area (Å²) in [4.78, 5) is 0. The number of rotatable bonds is 1. The average molecular weight is 237 g/mol. The van der Waals surface area contributed by atoms with Crippen LogP contribution in [0.1, 0.15) is 18.6 Å². The fraction of sp³-hybridized carbons (Fsp3) is 0.231. The van der Waals surface area contributed by atoms with Crippen molar-refractivity contribution >= 4 is 28.1 Å². The first-order valence-electron chi connectivity index (χ1n) is 5.26. The second kappa shape index (κ2) is 3.63. The SMILES string of the molecule is Fc1ccc2oc(C3=CC(Cl)CC3)cc2c1. The highest BCUT2D eigenvalue weighted by Crippen LogP contribution is 2.33.